The van der Waals surface area contributed by atoms with Gasteiger partial charge in [-0.15, -0.1) is 0 Å². The first-order chi connectivity index (χ1) is 20.3. The lowest BCUT2D eigenvalue weighted by Crippen LogP contribution is -2.39. The highest BCUT2D eigenvalue weighted by Gasteiger charge is 2.44. The van der Waals surface area contributed by atoms with E-state index in [1.165, 1.54) is 19.2 Å². The Morgan fingerprint density at radius 3 is 2.31 bits per heavy atom. The minimum Gasteiger partial charge on any atom is -0.481 e. The summed E-state index contributed by atoms with van der Waals surface area (Å²) in [5.74, 6) is -1.97. The average Bonchev–Trinajstić information content (AvgIpc) is 3.00. The van der Waals surface area contributed by atoms with Crippen molar-refractivity contribution in [3.63, 3.8) is 0 Å². The maximum atomic E-state index is 15.7. The molecule has 1 heterocycles. The summed E-state index contributed by atoms with van der Waals surface area (Å²) in [7, 11) is 1.54. The van der Waals surface area contributed by atoms with Gasteiger partial charge in [-0.05, 0) is 54.4 Å². The topological polar surface area (TPSA) is 45.6 Å². The largest absolute Gasteiger partial charge is 0.481 e. The fourth-order valence-electron chi connectivity index (χ4n) is 5.67. The van der Waals surface area contributed by atoms with Gasteiger partial charge in [0.15, 0.2) is 0 Å². The summed E-state index contributed by atoms with van der Waals surface area (Å²) in [6, 6.07) is 30.6. The molecular weight excluding hydrogens is 598 g/mol. The van der Waals surface area contributed by atoms with Crippen LogP contribution in [0.15, 0.2) is 108 Å². The van der Waals surface area contributed by atoms with Crippen molar-refractivity contribution in [3.8, 4) is 5.88 Å². The van der Waals surface area contributed by atoms with Gasteiger partial charge < -0.3 is 9.84 Å². The van der Waals surface area contributed by atoms with Crippen LogP contribution < -0.4 is 4.74 Å². The van der Waals surface area contributed by atoms with Crippen LogP contribution >= 0.6 is 15.9 Å². The summed E-state index contributed by atoms with van der Waals surface area (Å²) in [5.41, 5.74) is 1.45. The zero-order valence-electron chi connectivity index (χ0n) is 23.6. The van der Waals surface area contributed by atoms with Crippen LogP contribution in [0.4, 0.5) is 8.78 Å². The summed E-state index contributed by atoms with van der Waals surface area (Å²) in [5, 5.41) is 13.7. The Balaban J connectivity index is 1.69. The second-order valence-electron chi connectivity index (χ2n) is 10.4. The van der Waals surface area contributed by atoms with Crippen LogP contribution in [-0.2, 0) is 12.1 Å². The van der Waals surface area contributed by atoms with Crippen LogP contribution in [-0.4, -0.2) is 35.2 Å². The van der Waals surface area contributed by atoms with Crippen LogP contribution in [0.5, 0.6) is 5.88 Å². The van der Waals surface area contributed by atoms with Crippen molar-refractivity contribution >= 4 is 26.8 Å². The Kier molecular flexibility index (Phi) is 9.31. The molecule has 5 rings (SSSR count). The maximum absolute atomic E-state index is 15.7. The molecule has 0 aliphatic rings. The number of halogens is 3. The number of ether oxygens (including phenoxy) is 1. The van der Waals surface area contributed by atoms with Gasteiger partial charge in [0.2, 0.25) is 5.88 Å². The summed E-state index contributed by atoms with van der Waals surface area (Å²) < 4.78 is 36.5. The van der Waals surface area contributed by atoms with Gasteiger partial charge in [-0.1, -0.05) is 89.6 Å². The lowest BCUT2D eigenvalue weighted by molar-refractivity contribution is -0.00307. The van der Waals surface area contributed by atoms with Crippen molar-refractivity contribution in [3.05, 3.63) is 141 Å². The number of hydrogen-bond acceptors (Lipinski definition) is 4. The molecular formula is C35H33BrF2N2O2. The molecule has 5 aromatic rings. The number of fused-ring (bicyclic) bond motifs is 1. The number of hydrogen-bond donors (Lipinski definition) is 1. The Bertz CT molecular complexity index is 1650. The van der Waals surface area contributed by atoms with Gasteiger partial charge in [-0.25, -0.2) is 13.8 Å². The molecule has 1 N–H and O–H groups in total. The second-order valence-corrected chi connectivity index (χ2v) is 11.3. The first kappa shape index (κ1) is 29.8. The van der Waals surface area contributed by atoms with E-state index in [4.69, 9.17) is 9.72 Å². The fraction of sp³-hybridized carbons (Fsp3) is 0.229. The Morgan fingerprint density at radius 1 is 0.929 bits per heavy atom. The van der Waals surface area contributed by atoms with Crippen molar-refractivity contribution in [2.24, 2.45) is 0 Å². The van der Waals surface area contributed by atoms with Crippen molar-refractivity contribution in [2.45, 2.75) is 31.4 Å². The van der Waals surface area contributed by atoms with E-state index in [2.05, 4.69) is 39.9 Å². The molecule has 0 aliphatic heterocycles. The second kappa shape index (κ2) is 13.1. The van der Waals surface area contributed by atoms with E-state index in [-0.39, 0.29) is 12.0 Å². The van der Waals surface area contributed by atoms with Gasteiger partial charge >= 0.3 is 0 Å². The Hall–Kier alpha value is -3.65. The molecule has 7 heteroatoms. The summed E-state index contributed by atoms with van der Waals surface area (Å²) in [6.45, 7) is 3.91. The molecule has 0 amide bonds. The van der Waals surface area contributed by atoms with Crippen molar-refractivity contribution in [1.29, 1.82) is 0 Å². The molecule has 4 nitrogen and oxygen atoms in total. The van der Waals surface area contributed by atoms with Gasteiger partial charge in [0, 0.05) is 46.1 Å². The molecule has 1 aromatic heterocycles. The monoisotopic (exact) mass is 630 g/mol. The molecule has 216 valence electrons. The summed E-state index contributed by atoms with van der Waals surface area (Å²) in [6.07, 6.45) is 0.162. The SMILES string of the molecule is CCN(CCC(O)(c1ccc(F)cc1F)C(c1ccccc1)c1cc2cc(Br)ccc2nc1OC)Cc1ccccc1. The molecule has 42 heavy (non-hydrogen) atoms. The molecule has 0 bridgehead atoms. The normalized spacial score (nSPS) is 13.7. The zero-order chi connectivity index (χ0) is 29.7. The highest BCUT2D eigenvalue weighted by atomic mass is 79.9. The van der Waals surface area contributed by atoms with Gasteiger partial charge in [0.1, 0.15) is 17.2 Å². The van der Waals surface area contributed by atoms with Crippen LogP contribution in [0.25, 0.3) is 10.9 Å². The van der Waals surface area contributed by atoms with Crippen LogP contribution in [0.3, 0.4) is 0 Å². The van der Waals surface area contributed by atoms with Crippen molar-refractivity contribution < 1.29 is 18.6 Å². The van der Waals surface area contributed by atoms with E-state index in [0.29, 0.717) is 24.5 Å². The molecule has 0 aliphatic carbocycles. The molecule has 4 aromatic carbocycles. The number of aliphatic hydroxyl groups is 1. The number of methoxy groups -OCH3 is 1. The van der Waals surface area contributed by atoms with Gasteiger partial charge in [0.25, 0.3) is 0 Å². The third-order valence-electron chi connectivity index (χ3n) is 7.79. The smallest absolute Gasteiger partial charge is 0.217 e. The number of nitrogens with zero attached hydrogens (tertiary/aromatic N) is 2. The molecule has 0 saturated heterocycles. The number of rotatable bonds is 11. The lowest BCUT2D eigenvalue weighted by atomic mass is 9.71. The molecule has 0 fully saturated rings. The molecule has 2 atom stereocenters. The minimum atomic E-state index is -1.79. The zero-order valence-corrected chi connectivity index (χ0v) is 25.2. The van der Waals surface area contributed by atoms with Gasteiger partial charge in [-0.2, -0.15) is 0 Å². The standard InChI is InChI=1S/C35H33BrF2N2O2/c1-3-40(23-24-10-6-4-7-11-24)19-18-35(41,30-16-15-28(37)22-31(30)38)33(25-12-8-5-9-13-25)29-21-26-20-27(36)14-17-32(26)39-34(29)42-2/h4-17,20-22,33,41H,3,18-19,23H2,1-2H3. The number of aromatic nitrogens is 1. The third-order valence-corrected chi connectivity index (χ3v) is 8.28. The van der Waals surface area contributed by atoms with E-state index in [9.17, 15) is 9.50 Å². The number of benzene rings is 4. The van der Waals surface area contributed by atoms with E-state index in [0.717, 1.165) is 39.1 Å². The van der Waals surface area contributed by atoms with E-state index in [1.54, 1.807) is 0 Å². The quantitative estimate of drug-likeness (QED) is 0.160. The number of pyridine rings is 1. The average molecular weight is 632 g/mol. The van der Waals surface area contributed by atoms with E-state index < -0.39 is 23.2 Å². The molecule has 0 saturated carbocycles. The Labute approximate surface area is 253 Å². The fourth-order valence-corrected chi connectivity index (χ4v) is 6.05. The maximum Gasteiger partial charge on any atom is 0.217 e. The Morgan fingerprint density at radius 2 is 1.64 bits per heavy atom. The minimum absolute atomic E-state index is 0.0184. The lowest BCUT2D eigenvalue weighted by Gasteiger charge is -2.39. The predicted octanol–water partition coefficient (Wildman–Crippen LogP) is 8.22. The van der Waals surface area contributed by atoms with Crippen molar-refractivity contribution in [2.75, 3.05) is 20.2 Å². The molecule has 2 unspecified atom stereocenters. The van der Waals surface area contributed by atoms with E-state index >= 15 is 4.39 Å². The summed E-state index contributed by atoms with van der Waals surface area (Å²) >= 11 is 3.54. The predicted molar refractivity (Wildman–Crippen MR) is 167 cm³/mol. The van der Waals surface area contributed by atoms with Crippen LogP contribution in [0.2, 0.25) is 0 Å². The first-order valence-electron chi connectivity index (χ1n) is 14.0. The highest BCUT2D eigenvalue weighted by Crippen LogP contribution is 2.48. The van der Waals surface area contributed by atoms with Crippen molar-refractivity contribution in [1.82, 2.24) is 9.88 Å². The molecule has 0 spiro atoms. The van der Waals surface area contributed by atoms with Gasteiger partial charge in [-0.3, -0.25) is 4.90 Å². The molecule has 0 radical (unpaired) electrons. The van der Waals surface area contributed by atoms with Crippen LogP contribution in [0.1, 0.15) is 41.5 Å². The highest BCUT2D eigenvalue weighted by molar-refractivity contribution is 9.10. The van der Waals surface area contributed by atoms with Gasteiger partial charge in [0.05, 0.1) is 12.6 Å². The first-order valence-corrected chi connectivity index (χ1v) is 14.7. The third kappa shape index (κ3) is 6.38. The van der Waals surface area contributed by atoms with E-state index in [1.807, 2.05) is 72.8 Å². The summed E-state index contributed by atoms with van der Waals surface area (Å²) in [4.78, 5) is 6.98. The van der Waals surface area contributed by atoms with Crippen LogP contribution in [0, 0.1) is 11.6 Å².